The third kappa shape index (κ3) is 7.49. The van der Waals surface area contributed by atoms with Crippen LogP contribution in [0.3, 0.4) is 0 Å². The second-order valence-corrected chi connectivity index (χ2v) is 9.22. The Morgan fingerprint density at radius 1 is 1.25 bits per heavy atom. The van der Waals surface area contributed by atoms with Crippen LogP contribution in [0.1, 0.15) is 68.8 Å². The van der Waals surface area contributed by atoms with E-state index in [1.807, 2.05) is 11.8 Å². The van der Waals surface area contributed by atoms with E-state index in [0.717, 1.165) is 51.7 Å². The molecule has 1 saturated heterocycles. The molecule has 7 nitrogen and oxygen atoms in total. The Bertz CT molecular complexity index is 746. The van der Waals surface area contributed by atoms with Crippen LogP contribution in [0, 0.1) is 6.92 Å². The molecule has 180 valence electrons. The predicted molar refractivity (Wildman–Crippen MR) is 131 cm³/mol. The van der Waals surface area contributed by atoms with Gasteiger partial charge in [-0.05, 0) is 58.1 Å². The smallest absolute Gasteiger partial charge is 0.317 e. The average Bonchev–Trinajstić information content (AvgIpc) is 2.74. The molecule has 1 aliphatic heterocycles. The highest BCUT2D eigenvalue weighted by Gasteiger charge is 2.29. The van der Waals surface area contributed by atoms with Crippen molar-refractivity contribution in [2.75, 3.05) is 32.7 Å². The normalized spacial score (nSPS) is 15.9. The first-order chi connectivity index (χ1) is 15.3. The Labute approximate surface area is 202 Å². The molecule has 1 atom stereocenters. The topological polar surface area (TPSA) is 77.6 Å². The minimum Gasteiger partial charge on any atom is -0.352 e. The summed E-state index contributed by atoms with van der Waals surface area (Å²) in [7, 11) is 0. The molecule has 1 fully saturated rings. The van der Waals surface area contributed by atoms with Crippen molar-refractivity contribution in [3.8, 4) is 0 Å². The number of halogens is 2. The number of carbonyl (C=O) groups is 2. The number of hydrogen-bond acceptors (Lipinski definition) is 4. The number of aryl methyl sites for hydroxylation is 1. The van der Waals surface area contributed by atoms with Crippen LogP contribution in [0.25, 0.3) is 0 Å². The first-order valence-corrected chi connectivity index (χ1v) is 12.4. The van der Waals surface area contributed by atoms with Crippen LogP contribution in [0.15, 0.2) is 6.07 Å². The van der Waals surface area contributed by atoms with E-state index in [2.05, 4.69) is 34.4 Å². The van der Waals surface area contributed by atoms with Crippen molar-refractivity contribution in [1.82, 2.24) is 25.4 Å². The van der Waals surface area contributed by atoms with Crippen molar-refractivity contribution in [2.45, 2.75) is 71.9 Å². The molecule has 1 aromatic rings. The lowest BCUT2D eigenvalue weighted by molar-refractivity contribution is 0.0915. The molecule has 0 aliphatic carbocycles. The third-order valence-electron chi connectivity index (χ3n) is 6.12. The maximum atomic E-state index is 12.5. The van der Waals surface area contributed by atoms with E-state index in [0.29, 0.717) is 36.3 Å². The molecule has 0 saturated carbocycles. The average molecular weight is 486 g/mol. The number of likely N-dealkylation sites (tertiary alicyclic amines) is 1. The molecule has 0 bridgehead atoms. The lowest BCUT2D eigenvalue weighted by Gasteiger charge is -2.40. The number of unbranched alkanes of at least 4 members (excludes halogenated alkanes) is 1. The summed E-state index contributed by atoms with van der Waals surface area (Å²) in [5.41, 5.74) is 1.09. The number of urea groups is 1. The molecule has 2 heterocycles. The van der Waals surface area contributed by atoms with Crippen molar-refractivity contribution in [3.05, 3.63) is 27.5 Å². The molecule has 2 N–H and O–H groups in total. The molecule has 1 aliphatic rings. The highest BCUT2D eigenvalue weighted by molar-refractivity contribution is 6.34. The number of piperidine rings is 1. The summed E-state index contributed by atoms with van der Waals surface area (Å²) in [6.07, 6.45) is 4.89. The Morgan fingerprint density at radius 2 is 1.94 bits per heavy atom. The van der Waals surface area contributed by atoms with Crippen LogP contribution in [-0.4, -0.2) is 71.5 Å². The number of pyridine rings is 1. The van der Waals surface area contributed by atoms with Crippen LogP contribution in [0.5, 0.6) is 0 Å². The zero-order valence-electron chi connectivity index (χ0n) is 19.7. The van der Waals surface area contributed by atoms with Gasteiger partial charge in [-0.15, -0.1) is 0 Å². The SMILES string of the molecule is CCCCN(C(=O)NCC)C1CCN([C@H](C)CCNC(=O)c2c(C)cc(Cl)nc2Cl)CC1. The molecule has 0 radical (unpaired) electrons. The van der Waals surface area contributed by atoms with Gasteiger partial charge in [0, 0.05) is 44.8 Å². The molecule has 9 heteroatoms. The predicted octanol–water partition coefficient (Wildman–Crippen LogP) is 4.50. The maximum absolute atomic E-state index is 12.5. The first-order valence-electron chi connectivity index (χ1n) is 11.7. The van der Waals surface area contributed by atoms with Crippen molar-refractivity contribution in [2.24, 2.45) is 0 Å². The fourth-order valence-electron chi connectivity index (χ4n) is 4.20. The van der Waals surface area contributed by atoms with Crippen molar-refractivity contribution in [3.63, 3.8) is 0 Å². The molecule has 0 aromatic carbocycles. The Morgan fingerprint density at radius 3 is 2.53 bits per heavy atom. The molecule has 1 aromatic heterocycles. The monoisotopic (exact) mass is 485 g/mol. The van der Waals surface area contributed by atoms with Crippen molar-refractivity contribution < 1.29 is 9.59 Å². The fourth-order valence-corrected chi connectivity index (χ4v) is 4.82. The quantitative estimate of drug-likeness (QED) is 0.478. The van der Waals surface area contributed by atoms with Gasteiger partial charge in [0.15, 0.2) is 0 Å². The van der Waals surface area contributed by atoms with Crippen molar-refractivity contribution >= 4 is 35.1 Å². The number of amides is 3. The summed E-state index contributed by atoms with van der Waals surface area (Å²) in [6.45, 7) is 12.0. The minimum atomic E-state index is -0.226. The number of rotatable bonds is 10. The van der Waals surface area contributed by atoms with E-state index in [1.54, 1.807) is 13.0 Å². The molecule has 2 rings (SSSR count). The molecular formula is C23H37Cl2N5O2. The summed E-state index contributed by atoms with van der Waals surface area (Å²) in [6, 6.07) is 2.32. The first kappa shape index (κ1) is 26.7. The number of nitrogens with one attached hydrogen (secondary N) is 2. The third-order valence-corrected chi connectivity index (χ3v) is 6.59. The van der Waals surface area contributed by atoms with Crippen LogP contribution in [0.2, 0.25) is 10.3 Å². The number of aromatic nitrogens is 1. The molecule has 32 heavy (non-hydrogen) atoms. The standard InChI is InChI=1S/C23H37Cl2N5O2/c1-5-7-12-30(23(32)26-6-2)18-9-13-29(14-10-18)17(4)8-11-27-22(31)20-16(3)15-19(24)28-21(20)25/h15,17-18H,5-14H2,1-4H3,(H,26,32)(H,27,31)/t17-/m1/s1. The summed E-state index contributed by atoms with van der Waals surface area (Å²) in [5, 5.41) is 6.32. The van der Waals surface area contributed by atoms with Gasteiger partial charge in [0.2, 0.25) is 0 Å². The largest absolute Gasteiger partial charge is 0.352 e. The lowest BCUT2D eigenvalue weighted by atomic mass is 10.0. The van der Waals surface area contributed by atoms with Crippen molar-refractivity contribution in [1.29, 1.82) is 0 Å². The number of hydrogen-bond donors (Lipinski definition) is 2. The van der Waals surface area contributed by atoms with Crippen LogP contribution >= 0.6 is 23.2 Å². The fraction of sp³-hybridized carbons (Fsp3) is 0.696. The highest BCUT2D eigenvalue weighted by atomic mass is 35.5. The number of nitrogens with zero attached hydrogens (tertiary/aromatic N) is 3. The van der Waals surface area contributed by atoms with Gasteiger partial charge in [-0.1, -0.05) is 36.5 Å². The van der Waals surface area contributed by atoms with Gasteiger partial charge in [-0.3, -0.25) is 4.79 Å². The van der Waals surface area contributed by atoms with Gasteiger partial charge in [0.25, 0.3) is 5.91 Å². The van der Waals surface area contributed by atoms with E-state index < -0.39 is 0 Å². The summed E-state index contributed by atoms with van der Waals surface area (Å²) in [4.78, 5) is 33.5. The Hall–Kier alpha value is -1.57. The minimum absolute atomic E-state index is 0.0563. The summed E-state index contributed by atoms with van der Waals surface area (Å²) >= 11 is 12.0. The highest BCUT2D eigenvalue weighted by Crippen LogP contribution is 2.22. The second kappa shape index (κ2) is 13.2. The van der Waals surface area contributed by atoms with Gasteiger partial charge < -0.3 is 20.4 Å². The second-order valence-electron chi connectivity index (χ2n) is 8.47. The molecule has 3 amide bonds. The zero-order valence-corrected chi connectivity index (χ0v) is 21.2. The van der Waals surface area contributed by atoms with Crippen LogP contribution < -0.4 is 10.6 Å². The van der Waals surface area contributed by atoms with Gasteiger partial charge in [-0.2, -0.15) is 0 Å². The number of carbonyl (C=O) groups excluding carboxylic acids is 2. The molecule has 0 spiro atoms. The molecular weight excluding hydrogens is 449 g/mol. The van der Waals surface area contributed by atoms with E-state index in [1.165, 1.54) is 0 Å². The Kier molecular flexibility index (Phi) is 11.0. The van der Waals surface area contributed by atoms with Crippen LogP contribution in [0.4, 0.5) is 4.79 Å². The molecule has 0 unspecified atom stereocenters. The zero-order chi connectivity index (χ0) is 23.7. The summed E-state index contributed by atoms with van der Waals surface area (Å²) in [5.74, 6) is -0.226. The lowest BCUT2D eigenvalue weighted by Crippen LogP contribution is -2.52. The van der Waals surface area contributed by atoms with E-state index in [-0.39, 0.29) is 22.2 Å². The van der Waals surface area contributed by atoms with E-state index >= 15 is 0 Å². The van der Waals surface area contributed by atoms with Gasteiger partial charge in [0.05, 0.1) is 5.56 Å². The Balaban J connectivity index is 1.81. The van der Waals surface area contributed by atoms with Gasteiger partial charge in [-0.25, -0.2) is 9.78 Å². The van der Waals surface area contributed by atoms with Gasteiger partial charge in [0.1, 0.15) is 10.3 Å². The van der Waals surface area contributed by atoms with E-state index in [4.69, 9.17) is 23.2 Å². The maximum Gasteiger partial charge on any atom is 0.317 e. The summed E-state index contributed by atoms with van der Waals surface area (Å²) < 4.78 is 0. The van der Waals surface area contributed by atoms with Gasteiger partial charge >= 0.3 is 6.03 Å². The van der Waals surface area contributed by atoms with Crippen LogP contribution in [-0.2, 0) is 0 Å². The van der Waals surface area contributed by atoms with E-state index in [9.17, 15) is 9.59 Å².